The Bertz CT molecular complexity index is 854. The van der Waals surface area contributed by atoms with Gasteiger partial charge in [0.2, 0.25) is 5.91 Å². The molecule has 0 radical (unpaired) electrons. The monoisotopic (exact) mass is 445 g/mol. The van der Waals surface area contributed by atoms with Crippen molar-refractivity contribution in [3.63, 3.8) is 0 Å². The Hall–Kier alpha value is -3.21. The van der Waals surface area contributed by atoms with E-state index < -0.39 is 35.6 Å². The minimum absolute atomic E-state index is 0.176. The van der Waals surface area contributed by atoms with Gasteiger partial charge in [-0.3, -0.25) is 14.5 Å². The van der Waals surface area contributed by atoms with E-state index in [-0.39, 0.29) is 23.3 Å². The highest BCUT2D eigenvalue weighted by Crippen LogP contribution is 2.30. The molecule has 3 amide bonds. The standard InChI is InChI=1S/C24H35N3O5/c1-9-16(5)19(26-23(31)32-24(6,7)8)22(30)27(10-2)20(21(29)25-15(3)4)17-13-11-12-14-18(17)28/h2,11-16,19-20,28H,9H2,1,3-8H3,(H,25,29)(H,26,31). The van der Waals surface area contributed by atoms with Crippen molar-refractivity contribution in [1.82, 2.24) is 15.5 Å². The van der Waals surface area contributed by atoms with E-state index in [0.717, 1.165) is 4.90 Å². The predicted molar refractivity (Wildman–Crippen MR) is 122 cm³/mol. The van der Waals surface area contributed by atoms with E-state index in [2.05, 4.69) is 16.7 Å². The first-order chi connectivity index (χ1) is 14.8. The van der Waals surface area contributed by atoms with Gasteiger partial charge in [-0.25, -0.2) is 4.79 Å². The van der Waals surface area contributed by atoms with Gasteiger partial charge in [0.1, 0.15) is 17.4 Å². The average molecular weight is 446 g/mol. The summed E-state index contributed by atoms with van der Waals surface area (Å²) in [5, 5.41) is 15.7. The number of phenols is 1. The maximum absolute atomic E-state index is 13.5. The van der Waals surface area contributed by atoms with Gasteiger partial charge in [-0.05, 0) is 46.6 Å². The number of para-hydroxylation sites is 1. The van der Waals surface area contributed by atoms with E-state index >= 15 is 0 Å². The molecular formula is C24H35N3O5. The van der Waals surface area contributed by atoms with Gasteiger partial charge in [-0.2, -0.15) is 0 Å². The number of rotatable bonds is 8. The maximum Gasteiger partial charge on any atom is 0.408 e. The molecule has 0 fully saturated rings. The first-order valence-corrected chi connectivity index (χ1v) is 10.7. The van der Waals surface area contributed by atoms with Gasteiger partial charge in [0.25, 0.3) is 5.91 Å². The third-order valence-corrected chi connectivity index (χ3v) is 4.70. The van der Waals surface area contributed by atoms with E-state index in [4.69, 9.17) is 11.2 Å². The van der Waals surface area contributed by atoms with Crippen molar-refractivity contribution in [3.05, 3.63) is 29.8 Å². The molecule has 8 nitrogen and oxygen atoms in total. The number of hydrogen-bond acceptors (Lipinski definition) is 5. The number of alkyl carbamates (subject to hydrolysis) is 1. The van der Waals surface area contributed by atoms with Gasteiger partial charge in [-0.1, -0.05) is 44.9 Å². The van der Waals surface area contributed by atoms with E-state index in [1.165, 1.54) is 12.1 Å². The Balaban J connectivity index is 3.41. The van der Waals surface area contributed by atoms with E-state index in [9.17, 15) is 19.5 Å². The van der Waals surface area contributed by atoms with Crippen molar-refractivity contribution in [3.8, 4) is 18.2 Å². The van der Waals surface area contributed by atoms with Crippen LogP contribution in [0, 0.1) is 18.4 Å². The van der Waals surface area contributed by atoms with Crippen molar-refractivity contribution in [2.45, 2.75) is 78.6 Å². The summed E-state index contributed by atoms with van der Waals surface area (Å²) >= 11 is 0. The Morgan fingerprint density at radius 2 is 1.75 bits per heavy atom. The molecule has 0 saturated heterocycles. The average Bonchev–Trinajstić information content (AvgIpc) is 2.68. The fourth-order valence-corrected chi connectivity index (χ4v) is 3.01. The SMILES string of the molecule is C#CN(C(=O)C(NC(=O)OC(C)(C)C)C(C)CC)C(C(=O)NC(C)C)c1ccccc1O. The molecule has 3 atom stereocenters. The number of benzene rings is 1. The zero-order valence-corrected chi connectivity index (χ0v) is 19.9. The lowest BCUT2D eigenvalue weighted by Crippen LogP contribution is -2.54. The summed E-state index contributed by atoms with van der Waals surface area (Å²) in [5.74, 6) is -1.68. The molecule has 0 heterocycles. The van der Waals surface area contributed by atoms with Crippen LogP contribution in [0.4, 0.5) is 4.79 Å². The van der Waals surface area contributed by atoms with Gasteiger partial charge in [-0.15, -0.1) is 0 Å². The van der Waals surface area contributed by atoms with Crippen molar-refractivity contribution in [1.29, 1.82) is 0 Å². The molecule has 1 aromatic rings. The minimum atomic E-state index is -1.29. The number of phenolic OH excluding ortho intramolecular Hbond substituents is 1. The van der Waals surface area contributed by atoms with Gasteiger partial charge >= 0.3 is 6.09 Å². The summed E-state index contributed by atoms with van der Waals surface area (Å²) in [6, 6.07) is 5.90. The number of hydrogen-bond donors (Lipinski definition) is 3. The number of aromatic hydroxyl groups is 1. The van der Waals surface area contributed by atoms with Crippen molar-refractivity contribution >= 4 is 17.9 Å². The number of nitrogens with zero attached hydrogens (tertiary/aromatic N) is 1. The van der Waals surface area contributed by atoms with Crippen molar-refractivity contribution in [2.75, 3.05) is 0 Å². The fraction of sp³-hybridized carbons (Fsp3) is 0.542. The second-order valence-corrected chi connectivity index (χ2v) is 8.97. The van der Waals surface area contributed by atoms with Crippen LogP contribution in [-0.2, 0) is 14.3 Å². The van der Waals surface area contributed by atoms with Crippen LogP contribution in [0.2, 0.25) is 0 Å². The summed E-state index contributed by atoms with van der Waals surface area (Å²) in [7, 11) is 0. The van der Waals surface area contributed by atoms with Crippen molar-refractivity contribution < 1.29 is 24.2 Å². The lowest BCUT2D eigenvalue weighted by Gasteiger charge is -2.32. The molecule has 0 aliphatic rings. The second-order valence-electron chi connectivity index (χ2n) is 8.97. The molecule has 3 N–H and O–H groups in total. The Morgan fingerprint density at radius 3 is 2.22 bits per heavy atom. The molecule has 1 rings (SSSR count). The summed E-state index contributed by atoms with van der Waals surface area (Å²) < 4.78 is 5.30. The molecule has 1 aromatic carbocycles. The summed E-state index contributed by atoms with van der Waals surface area (Å²) in [5.41, 5.74) is -0.578. The van der Waals surface area contributed by atoms with Crippen LogP contribution >= 0.6 is 0 Å². The van der Waals surface area contributed by atoms with Crippen LogP contribution in [-0.4, -0.2) is 45.6 Å². The minimum Gasteiger partial charge on any atom is -0.508 e. The summed E-state index contributed by atoms with van der Waals surface area (Å²) in [6.45, 7) is 12.3. The first kappa shape index (κ1) is 26.8. The van der Waals surface area contributed by atoms with Crippen LogP contribution in [0.15, 0.2) is 24.3 Å². The number of ether oxygens (including phenoxy) is 1. The van der Waals surface area contributed by atoms with E-state index in [1.54, 1.807) is 53.7 Å². The topological polar surface area (TPSA) is 108 Å². The molecule has 0 bridgehead atoms. The zero-order chi connectivity index (χ0) is 24.6. The Kier molecular flexibility index (Phi) is 9.57. The number of carbonyl (C=O) groups is 3. The number of terminal acetylenes is 1. The smallest absolute Gasteiger partial charge is 0.408 e. The van der Waals surface area contributed by atoms with Crippen molar-refractivity contribution in [2.24, 2.45) is 5.92 Å². The summed E-state index contributed by atoms with van der Waals surface area (Å²) in [6.07, 6.45) is 5.49. The quantitative estimate of drug-likeness (QED) is 0.420. The highest BCUT2D eigenvalue weighted by Gasteiger charge is 2.38. The third kappa shape index (κ3) is 7.49. The van der Waals surface area contributed by atoms with Crippen LogP contribution < -0.4 is 10.6 Å². The maximum atomic E-state index is 13.5. The molecule has 0 spiro atoms. The molecular weight excluding hydrogens is 410 g/mol. The number of carbonyl (C=O) groups excluding carboxylic acids is 3. The van der Waals surface area contributed by atoms with Crippen LogP contribution in [0.25, 0.3) is 0 Å². The first-order valence-electron chi connectivity index (χ1n) is 10.7. The molecule has 3 unspecified atom stereocenters. The molecule has 0 aliphatic heterocycles. The fourth-order valence-electron chi connectivity index (χ4n) is 3.01. The molecule has 0 saturated carbocycles. The number of nitrogens with one attached hydrogen (secondary N) is 2. The lowest BCUT2D eigenvalue weighted by atomic mass is 9.96. The van der Waals surface area contributed by atoms with Gasteiger partial charge in [0.05, 0.1) is 0 Å². The largest absolute Gasteiger partial charge is 0.508 e. The lowest BCUT2D eigenvalue weighted by molar-refractivity contribution is -0.139. The van der Waals surface area contributed by atoms with E-state index in [1.807, 2.05) is 6.92 Å². The Labute approximate surface area is 190 Å². The molecule has 32 heavy (non-hydrogen) atoms. The predicted octanol–water partition coefficient (Wildman–Crippen LogP) is 3.32. The molecule has 0 aromatic heterocycles. The van der Waals surface area contributed by atoms with Crippen LogP contribution in [0.3, 0.4) is 0 Å². The highest BCUT2D eigenvalue weighted by atomic mass is 16.6. The molecule has 0 aliphatic carbocycles. The highest BCUT2D eigenvalue weighted by molar-refractivity contribution is 5.93. The molecule has 176 valence electrons. The Morgan fingerprint density at radius 1 is 1.16 bits per heavy atom. The van der Waals surface area contributed by atoms with Gasteiger partial charge in [0.15, 0.2) is 6.04 Å². The zero-order valence-electron chi connectivity index (χ0n) is 19.9. The second kappa shape index (κ2) is 11.4. The number of amides is 3. The van der Waals surface area contributed by atoms with Gasteiger partial charge < -0.3 is 20.5 Å². The van der Waals surface area contributed by atoms with Crippen LogP contribution in [0.1, 0.15) is 66.5 Å². The van der Waals surface area contributed by atoms with Gasteiger partial charge in [0, 0.05) is 17.6 Å². The van der Waals surface area contributed by atoms with E-state index in [0.29, 0.717) is 6.42 Å². The third-order valence-electron chi connectivity index (χ3n) is 4.70. The molecule has 8 heteroatoms. The summed E-state index contributed by atoms with van der Waals surface area (Å²) in [4.78, 5) is 39.9. The van der Waals surface area contributed by atoms with Crippen LogP contribution in [0.5, 0.6) is 5.75 Å². The normalized spacial score (nSPS) is 14.0.